The number of anilines is 2. The lowest BCUT2D eigenvalue weighted by atomic mass is 10.0. The second-order valence-corrected chi connectivity index (χ2v) is 8.83. The predicted octanol–water partition coefficient (Wildman–Crippen LogP) is 4.74. The average molecular weight is 545 g/mol. The summed E-state index contributed by atoms with van der Waals surface area (Å²) >= 11 is 7.34. The zero-order chi connectivity index (χ0) is 27.1. The van der Waals surface area contributed by atoms with Crippen molar-refractivity contribution in [3.63, 3.8) is 0 Å². The fourth-order valence-electron chi connectivity index (χ4n) is 3.21. The molecule has 192 valence electrons. The summed E-state index contributed by atoms with van der Waals surface area (Å²) in [4.78, 5) is 48.6. The Balaban J connectivity index is 1.67. The summed E-state index contributed by atoms with van der Waals surface area (Å²) in [6.45, 7) is 0. The van der Waals surface area contributed by atoms with Gasteiger partial charge in [0, 0.05) is 16.6 Å². The molecule has 0 fully saturated rings. The number of methoxy groups -OCH3 is 2. The molecule has 10 nitrogen and oxygen atoms in total. The van der Waals surface area contributed by atoms with Crippen LogP contribution in [-0.4, -0.2) is 53.9 Å². The van der Waals surface area contributed by atoms with Gasteiger partial charge in [-0.05, 0) is 42.5 Å². The molecule has 0 aliphatic rings. The van der Waals surface area contributed by atoms with Gasteiger partial charge in [0.15, 0.2) is 0 Å². The van der Waals surface area contributed by atoms with Crippen LogP contribution in [0.3, 0.4) is 0 Å². The molecule has 0 unspecified atom stereocenters. The van der Waals surface area contributed by atoms with Gasteiger partial charge in [-0.2, -0.15) is 0 Å². The number of amides is 2. The third-order valence-corrected chi connectivity index (χ3v) is 6.24. The maximum Gasteiger partial charge on any atom is 0.336 e. The summed E-state index contributed by atoms with van der Waals surface area (Å²) in [6, 6.07) is 12.9. The molecule has 37 heavy (non-hydrogen) atoms. The van der Waals surface area contributed by atoms with Gasteiger partial charge < -0.3 is 30.3 Å². The molecule has 0 saturated heterocycles. The topological polar surface area (TPSA) is 151 Å². The molecule has 12 heteroatoms. The molecule has 0 aromatic heterocycles. The van der Waals surface area contributed by atoms with Crippen molar-refractivity contribution in [2.75, 3.05) is 30.6 Å². The number of ether oxygens (including phenoxy) is 2. The molecule has 3 rings (SSSR count). The van der Waals surface area contributed by atoms with E-state index in [1.807, 2.05) is 0 Å². The Hall–Kier alpha value is -4.22. The maximum absolute atomic E-state index is 12.7. The van der Waals surface area contributed by atoms with Crippen LogP contribution in [-0.2, 0) is 4.79 Å². The van der Waals surface area contributed by atoms with E-state index >= 15 is 0 Å². The van der Waals surface area contributed by atoms with E-state index in [0.717, 1.165) is 18.2 Å². The quantitative estimate of drug-likeness (QED) is 0.265. The first-order valence-corrected chi connectivity index (χ1v) is 11.9. The molecule has 0 heterocycles. The van der Waals surface area contributed by atoms with Crippen molar-refractivity contribution in [1.29, 1.82) is 0 Å². The molecule has 0 aliphatic carbocycles. The van der Waals surface area contributed by atoms with Crippen LogP contribution in [0.5, 0.6) is 11.5 Å². The van der Waals surface area contributed by atoms with Crippen LogP contribution in [0.1, 0.15) is 31.1 Å². The number of nitrogens with one attached hydrogen (secondary N) is 2. The van der Waals surface area contributed by atoms with Gasteiger partial charge in [-0.25, -0.2) is 9.59 Å². The zero-order valence-electron chi connectivity index (χ0n) is 19.5. The number of carboxylic acid groups (broad SMARTS) is 2. The van der Waals surface area contributed by atoms with E-state index in [4.69, 9.17) is 26.2 Å². The Morgan fingerprint density at radius 2 is 1.59 bits per heavy atom. The highest BCUT2D eigenvalue weighted by atomic mass is 35.5. The first kappa shape index (κ1) is 27.4. The van der Waals surface area contributed by atoms with E-state index in [0.29, 0.717) is 32.8 Å². The first-order chi connectivity index (χ1) is 17.6. The third kappa shape index (κ3) is 6.93. The highest BCUT2D eigenvalue weighted by Crippen LogP contribution is 2.36. The molecule has 3 aromatic rings. The Labute approximate surface area is 220 Å². The Morgan fingerprint density at radius 1 is 0.865 bits per heavy atom. The number of aromatic carboxylic acids is 2. The molecule has 0 saturated carbocycles. The van der Waals surface area contributed by atoms with E-state index in [9.17, 15) is 24.3 Å². The standard InChI is InChI=1S/C25H21ClN2O8S/c1-35-20-11-21(36-2)19(10-18(20)26)28-22(29)12-37-15-5-3-4-14(9-15)27-23(30)16-7-6-13(24(31)32)8-17(16)25(33)34/h3-11H,12H2,1-2H3,(H,27,30)(H,28,29)(H,31,32)(H,33,34). The van der Waals surface area contributed by atoms with Gasteiger partial charge in [-0.1, -0.05) is 17.7 Å². The van der Waals surface area contributed by atoms with Crippen molar-refractivity contribution in [1.82, 2.24) is 0 Å². The van der Waals surface area contributed by atoms with Crippen molar-refractivity contribution >= 4 is 58.5 Å². The van der Waals surface area contributed by atoms with Gasteiger partial charge in [-0.3, -0.25) is 9.59 Å². The summed E-state index contributed by atoms with van der Waals surface area (Å²) in [5, 5.41) is 24.1. The van der Waals surface area contributed by atoms with Crippen LogP contribution in [0.25, 0.3) is 0 Å². The molecule has 3 aromatic carbocycles. The second-order valence-electron chi connectivity index (χ2n) is 7.38. The predicted molar refractivity (Wildman–Crippen MR) is 139 cm³/mol. The number of hydrogen-bond acceptors (Lipinski definition) is 7. The second kappa shape index (κ2) is 12.2. The van der Waals surface area contributed by atoms with Crippen molar-refractivity contribution in [2.45, 2.75) is 4.90 Å². The van der Waals surface area contributed by atoms with E-state index in [1.165, 1.54) is 32.0 Å². The summed E-state index contributed by atoms with van der Waals surface area (Å²) < 4.78 is 10.4. The molecular formula is C25H21ClN2O8S. The summed E-state index contributed by atoms with van der Waals surface area (Å²) in [5.74, 6) is -2.99. The summed E-state index contributed by atoms with van der Waals surface area (Å²) in [6.07, 6.45) is 0. The molecule has 4 N–H and O–H groups in total. The number of carboxylic acids is 2. The smallest absolute Gasteiger partial charge is 0.336 e. The third-order valence-electron chi connectivity index (χ3n) is 4.95. The molecule has 0 bridgehead atoms. The Bertz CT molecular complexity index is 1380. The fraction of sp³-hybridized carbons (Fsp3) is 0.120. The SMILES string of the molecule is COc1cc(OC)c(NC(=O)CSc2cccc(NC(=O)c3ccc(C(=O)O)cc3C(=O)O)c2)cc1Cl. The lowest BCUT2D eigenvalue weighted by molar-refractivity contribution is -0.113. The van der Waals surface area contributed by atoms with Crippen LogP contribution < -0.4 is 20.1 Å². The molecule has 2 amide bonds. The number of carbonyl (C=O) groups is 4. The molecule has 0 aliphatic heterocycles. The minimum absolute atomic E-state index is 0.0318. The lowest BCUT2D eigenvalue weighted by Crippen LogP contribution is -2.17. The van der Waals surface area contributed by atoms with Crippen molar-refractivity contribution < 1.29 is 38.9 Å². The zero-order valence-corrected chi connectivity index (χ0v) is 21.1. The molecule has 0 spiro atoms. The summed E-state index contributed by atoms with van der Waals surface area (Å²) in [7, 11) is 2.92. The Morgan fingerprint density at radius 3 is 2.24 bits per heavy atom. The van der Waals surface area contributed by atoms with E-state index in [1.54, 1.807) is 30.3 Å². The normalized spacial score (nSPS) is 10.4. The lowest BCUT2D eigenvalue weighted by Gasteiger charge is -2.13. The first-order valence-electron chi connectivity index (χ1n) is 10.5. The number of rotatable bonds is 10. The maximum atomic E-state index is 12.7. The minimum atomic E-state index is -1.43. The largest absolute Gasteiger partial charge is 0.495 e. The van der Waals surface area contributed by atoms with Gasteiger partial charge in [0.1, 0.15) is 11.5 Å². The number of halogens is 1. The number of benzene rings is 3. The van der Waals surface area contributed by atoms with Crippen LogP contribution in [0, 0.1) is 0 Å². The minimum Gasteiger partial charge on any atom is -0.495 e. The van der Waals surface area contributed by atoms with Crippen LogP contribution >= 0.6 is 23.4 Å². The average Bonchev–Trinajstić information content (AvgIpc) is 2.87. The number of thioether (sulfide) groups is 1. The van der Waals surface area contributed by atoms with E-state index < -0.39 is 23.4 Å². The van der Waals surface area contributed by atoms with Crippen LogP contribution in [0.15, 0.2) is 59.5 Å². The number of hydrogen-bond donors (Lipinski definition) is 4. The molecule has 0 atom stereocenters. The van der Waals surface area contributed by atoms with Gasteiger partial charge in [0.2, 0.25) is 5.91 Å². The Kier molecular flexibility index (Phi) is 8.99. The van der Waals surface area contributed by atoms with Crippen LogP contribution in [0.4, 0.5) is 11.4 Å². The van der Waals surface area contributed by atoms with Gasteiger partial charge in [0.25, 0.3) is 5.91 Å². The summed E-state index contributed by atoms with van der Waals surface area (Å²) in [5.41, 5.74) is -0.142. The van der Waals surface area contributed by atoms with Crippen molar-refractivity contribution in [3.05, 3.63) is 76.3 Å². The van der Waals surface area contributed by atoms with Crippen molar-refractivity contribution in [3.8, 4) is 11.5 Å². The fourth-order valence-corrected chi connectivity index (χ4v) is 4.20. The van der Waals surface area contributed by atoms with E-state index in [-0.39, 0.29) is 22.8 Å². The monoisotopic (exact) mass is 544 g/mol. The van der Waals surface area contributed by atoms with Gasteiger partial charge >= 0.3 is 11.9 Å². The molecule has 0 radical (unpaired) electrons. The van der Waals surface area contributed by atoms with Gasteiger partial charge in [-0.15, -0.1) is 11.8 Å². The number of carbonyl (C=O) groups excluding carboxylic acids is 2. The van der Waals surface area contributed by atoms with E-state index in [2.05, 4.69) is 10.6 Å². The highest BCUT2D eigenvalue weighted by Gasteiger charge is 2.19. The van der Waals surface area contributed by atoms with Crippen LogP contribution in [0.2, 0.25) is 5.02 Å². The molecular weight excluding hydrogens is 524 g/mol. The van der Waals surface area contributed by atoms with Gasteiger partial charge in [0.05, 0.1) is 47.4 Å². The van der Waals surface area contributed by atoms with Crippen molar-refractivity contribution in [2.24, 2.45) is 0 Å². The highest BCUT2D eigenvalue weighted by molar-refractivity contribution is 8.00.